The molecule has 138 valence electrons. The van der Waals surface area contributed by atoms with Crippen LogP contribution in [0.4, 0.5) is 5.69 Å². The van der Waals surface area contributed by atoms with Gasteiger partial charge in [-0.2, -0.15) is 0 Å². The van der Waals surface area contributed by atoms with Gasteiger partial charge in [0.05, 0.1) is 24.0 Å². The topological polar surface area (TPSA) is 89.0 Å². The third-order valence-corrected chi connectivity index (χ3v) is 4.61. The van der Waals surface area contributed by atoms with Crippen molar-refractivity contribution in [2.75, 3.05) is 11.9 Å². The normalized spacial score (nSPS) is 13.3. The number of nitrogens with zero attached hydrogens (tertiary/aromatic N) is 2. The minimum atomic E-state index is -0.281. The highest BCUT2D eigenvalue weighted by atomic mass is 16.5. The van der Waals surface area contributed by atoms with Gasteiger partial charge in [0.25, 0.3) is 5.91 Å². The van der Waals surface area contributed by atoms with Crippen LogP contribution in [0.3, 0.4) is 0 Å². The molecule has 0 saturated carbocycles. The number of H-pyrrole nitrogens is 1. The number of imidazole rings is 1. The first-order valence-corrected chi connectivity index (χ1v) is 8.94. The van der Waals surface area contributed by atoms with Gasteiger partial charge in [-0.15, -0.1) is 0 Å². The number of carbonyl (C=O) groups is 2. The summed E-state index contributed by atoms with van der Waals surface area (Å²) in [5.41, 5.74) is 2.46. The SMILES string of the molecule is O=C(Nc1ccc(OCCn2ccnc2)cc1)c1c[nH]c2c1C(=O)CCC2. The van der Waals surface area contributed by atoms with Gasteiger partial charge < -0.3 is 19.6 Å². The number of aromatic nitrogens is 3. The lowest BCUT2D eigenvalue weighted by molar-refractivity contribution is 0.0956. The quantitative estimate of drug-likeness (QED) is 0.703. The molecule has 2 heterocycles. The largest absolute Gasteiger partial charge is 0.492 e. The summed E-state index contributed by atoms with van der Waals surface area (Å²) in [6.07, 6.45) is 9.10. The minimum Gasteiger partial charge on any atom is -0.492 e. The number of carbonyl (C=O) groups excluding carboxylic acids is 2. The molecule has 0 aliphatic heterocycles. The predicted molar refractivity (Wildman–Crippen MR) is 100 cm³/mol. The van der Waals surface area contributed by atoms with E-state index < -0.39 is 0 Å². The van der Waals surface area contributed by atoms with Gasteiger partial charge in [0.15, 0.2) is 5.78 Å². The zero-order chi connectivity index (χ0) is 18.6. The van der Waals surface area contributed by atoms with E-state index in [1.165, 1.54) is 0 Å². The first-order valence-electron chi connectivity index (χ1n) is 8.94. The van der Waals surface area contributed by atoms with Crippen LogP contribution in [0.5, 0.6) is 5.75 Å². The summed E-state index contributed by atoms with van der Waals surface area (Å²) in [6.45, 7) is 1.24. The van der Waals surface area contributed by atoms with Crippen LogP contribution in [0, 0.1) is 0 Å². The van der Waals surface area contributed by atoms with Crippen molar-refractivity contribution in [3.63, 3.8) is 0 Å². The Morgan fingerprint density at radius 1 is 1.26 bits per heavy atom. The Kier molecular flexibility index (Phi) is 4.74. The van der Waals surface area contributed by atoms with Crippen LogP contribution >= 0.6 is 0 Å². The Morgan fingerprint density at radius 3 is 2.89 bits per heavy atom. The molecule has 0 unspecified atom stereocenters. The number of amides is 1. The van der Waals surface area contributed by atoms with E-state index in [4.69, 9.17) is 4.74 Å². The van der Waals surface area contributed by atoms with Crippen LogP contribution in [-0.4, -0.2) is 32.8 Å². The van der Waals surface area contributed by atoms with Gasteiger partial charge in [-0.1, -0.05) is 0 Å². The van der Waals surface area contributed by atoms with Gasteiger partial charge in [0.2, 0.25) is 0 Å². The Bertz CT molecular complexity index is 942. The smallest absolute Gasteiger partial charge is 0.257 e. The molecule has 2 N–H and O–H groups in total. The fourth-order valence-corrected chi connectivity index (χ4v) is 3.23. The molecule has 1 aromatic carbocycles. The van der Waals surface area contributed by atoms with E-state index in [2.05, 4.69) is 15.3 Å². The van der Waals surface area contributed by atoms with Crippen molar-refractivity contribution in [1.82, 2.24) is 14.5 Å². The lowest BCUT2D eigenvalue weighted by Gasteiger charge is -2.12. The van der Waals surface area contributed by atoms with Crippen LogP contribution in [-0.2, 0) is 13.0 Å². The molecule has 3 aromatic rings. The number of hydrogen-bond acceptors (Lipinski definition) is 4. The van der Waals surface area contributed by atoms with Crippen LogP contribution < -0.4 is 10.1 Å². The molecular weight excluding hydrogens is 344 g/mol. The maximum atomic E-state index is 12.6. The number of nitrogens with one attached hydrogen (secondary N) is 2. The number of ether oxygens (including phenoxy) is 1. The van der Waals surface area contributed by atoms with Crippen molar-refractivity contribution in [3.8, 4) is 5.75 Å². The molecule has 0 spiro atoms. The molecule has 0 atom stereocenters. The van der Waals surface area contributed by atoms with Crippen molar-refractivity contribution in [2.24, 2.45) is 0 Å². The second kappa shape index (κ2) is 7.49. The van der Waals surface area contributed by atoms with Crippen molar-refractivity contribution in [1.29, 1.82) is 0 Å². The van der Waals surface area contributed by atoms with E-state index in [9.17, 15) is 9.59 Å². The number of ketones is 1. The molecule has 2 aromatic heterocycles. The number of aromatic amines is 1. The highest BCUT2D eigenvalue weighted by Gasteiger charge is 2.25. The fraction of sp³-hybridized carbons (Fsp3) is 0.250. The summed E-state index contributed by atoms with van der Waals surface area (Å²) < 4.78 is 7.63. The molecule has 1 amide bonds. The summed E-state index contributed by atoms with van der Waals surface area (Å²) >= 11 is 0. The second-order valence-electron chi connectivity index (χ2n) is 6.46. The average molecular weight is 364 g/mol. The van der Waals surface area contributed by atoms with Crippen molar-refractivity contribution < 1.29 is 14.3 Å². The fourth-order valence-electron chi connectivity index (χ4n) is 3.23. The second-order valence-corrected chi connectivity index (χ2v) is 6.46. The number of aryl methyl sites for hydroxylation is 1. The summed E-state index contributed by atoms with van der Waals surface area (Å²) in [4.78, 5) is 31.7. The maximum absolute atomic E-state index is 12.6. The van der Waals surface area contributed by atoms with Gasteiger partial charge in [0, 0.05) is 36.4 Å². The Hall–Kier alpha value is -3.35. The van der Waals surface area contributed by atoms with Gasteiger partial charge in [0.1, 0.15) is 12.4 Å². The molecule has 0 fully saturated rings. The summed E-state index contributed by atoms with van der Waals surface area (Å²) in [5, 5.41) is 2.84. The molecule has 0 saturated heterocycles. The standard InChI is InChI=1S/C20H20N4O3/c25-18-3-1-2-17-19(18)16(12-22-17)20(26)23-14-4-6-15(7-5-14)27-11-10-24-9-8-21-13-24/h4-9,12-13,22H,1-3,10-11H2,(H,23,26). The lowest BCUT2D eigenvalue weighted by atomic mass is 9.93. The molecule has 0 radical (unpaired) electrons. The molecule has 1 aliphatic carbocycles. The molecule has 27 heavy (non-hydrogen) atoms. The maximum Gasteiger partial charge on any atom is 0.257 e. The predicted octanol–water partition coefficient (Wildman–Crippen LogP) is 3.06. The molecule has 0 bridgehead atoms. The number of hydrogen-bond donors (Lipinski definition) is 2. The lowest BCUT2D eigenvalue weighted by Crippen LogP contribution is -2.17. The average Bonchev–Trinajstić information content (AvgIpc) is 3.33. The number of anilines is 1. The van der Waals surface area contributed by atoms with Crippen LogP contribution in [0.25, 0.3) is 0 Å². The molecule has 1 aliphatic rings. The highest BCUT2D eigenvalue weighted by molar-refractivity contribution is 6.13. The Balaban J connectivity index is 1.36. The molecular formula is C20H20N4O3. The van der Waals surface area contributed by atoms with Gasteiger partial charge in [-0.3, -0.25) is 9.59 Å². The third kappa shape index (κ3) is 3.76. The van der Waals surface area contributed by atoms with Gasteiger partial charge in [-0.25, -0.2) is 4.98 Å². The Labute approximate surface area is 156 Å². The third-order valence-electron chi connectivity index (χ3n) is 4.61. The van der Waals surface area contributed by atoms with Gasteiger partial charge in [-0.05, 0) is 37.1 Å². The zero-order valence-corrected chi connectivity index (χ0v) is 14.8. The first kappa shape index (κ1) is 17.1. The monoisotopic (exact) mass is 364 g/mol. The molecule has 7 heteroatoms. The number of Topliss-reactive ketones (excluding diaryl/α,β-unsaturated/α-hetero) is 1. The molecule has 4 rings (SSSR count). The van der Waals surface area contributed by atoms with Crippen LogP contribution in [0.1, 0.15) is 39.3 Å². The van der Waals surface area contributed by atoms with E-state index in [1.54, 1.807) is 43.0 Å². The van der Waals surface area contributed by atoms with E-state index in [0.29, 0.717) is 36.4 Å². The minimum absolute atomic E-state index is 0.0318. The van der Waals surface area contributed by atoms with Crippen LogP contribution in [0.2, 0.25) is 0 Å². The zero-order valence-electron chi connectivity index (χ0n) is 14.8. The summed E-state index contributed by atoms with van der Waals surface area (Å²) in [5.74, 6) is 0.475. The van der Waals surface area contributed by atoms with Crippen molar-refractivity contribution in [3.05, 3.63) is 66.0 Å². The summed E-state index contributed by atoms with van der Waals surface area (Å²) in [7, 11) is 0. The van der Waals surface area contributed by atoms with E-state index in [-0.39, 0.29) is 11.7 Å². The van der Waals surface area contributed by atoms with Crippen molar-refractivity contribution >= 4 is 17.4 Å². The van der Waals surface area contributed by atoms with E-state index >= 15 is 0 Å². The highest BCUT2D eigenvalue weighted by Crippen LogP contribution is 2.25. The number of benzene rings is 1. The van der Waals surface area contributed by atoms with E-state index in [0.717, 1.165) is 24.3 Å². The van der Waals surface area contributed by atoms with Crippen molar-refractivity contribution in [2.45, 2.75) is 25.8 Å². The number of fused-ring (bicyclic) bond motifs is 1. The summed E-state index contributed by atoms with van der Waals surface area (Å²) in [6, 6.07) is 7.18. The number of rotatable bonds is 6. The van der Waals surface area contributed by atoms with Crippen LogP contribution in [0.15, 0.2) is 49.2 Å². The molecule has 7 nitrogen and oxygen atoms in total. The van der Waals surface area contributed by atoms with Gasteiger partial charge >= 0.3 is 0 Å². The Morgan fingerprint density at radius 2 is 2.11 bits per heavy atom. The van der Waals surface area contributed by atoms with E-state index in [1.807, 2.05) is 10.8 Å². The first-order chi connectivity index (χ1) is 13.2.